The van der Waals surface area contributed by atoms with E-state index in [1.165, 1.54) is 16.8 Å². The monoisotopic (exact) mass is 300 g/mol. The molecule has 2 aromatic carbocycles. The van der Waals surface area contributed by atoms with E-state index in [1.54, 1.807) is 23.5 Å². The summed E-state index contributed by atoms with van der Waals surface area (Å²) in [6.45, 7) is 0.268. The number of hydrogen-bond acceptors (Lipinski definition) is 3. The molecular weight excluding hydrogens is 287 g/mol. The van der Waals surface area contributed by atoms with Crippen molar-refractivity contribution in [2.24, 2.45) is 0 Å². The number of thiophene rings is 1. The number of hydrogen-bond donors (Lipinski definition) is 0. The Kier molecular flexibility index (Phi) is 3.97. The van der Waals surface area contributed by atoms with Crippen molar-refractivity contribution in [2.75, 3.05) is 0 Å². The highest BCUT2D eigenvalue weighted by Gasteiger charge is 2.08. The second kappa shape index (κ2) is 6.06. The van der Waals surface area contributed by atoms with Crippen molar-refractivity contribution in [2.45, 2.75) is 13.0 Å². The van der Waals surface area contributed by atoms with Gasteiger partial charge in [-0.25, -0.2) is 4.39 Å². The maximum Gasteiger partial charge on any atom is 0.310 e. The van der Waals surface area contributed by atoms with Gasteiger partial charge >= 0.3 is 5.97 Å². The molecule has 0 bridgehead atoms. The van der Waals surface area contributed by atoms with E-state index in [1.807, 2.05) is 29.6 Å². The van der Waals surface area contributed by atoms with Gasteiger partial charge in [-0.1, -0.05) is 30.3 Å². The standard InChI is InChI=1S/C17H13FO2S/c18-14-7-5-12(6-8-14)9-17(19)20-10-13-11-21-16-4-2-1-3-15(13)16/h1-8,11H,9-10H2. The molecule has 0 saturated heterocycles. The van der Waals surface area contributed by atoms with Gasteiger partial charge in [-0.2, -0.15) is 0 Å². The molecule has 2 nitrogen and oxygen atoms in total. The molecule has 0 unspecified atom stereocenters. The van der Waals surface area contributed by atoms with E-state index in [0.717, 1.165) is 16.5 Å². The molecule has 0 aliphatic rings. The minimum atomic E-state index is -0.308. The third-order valence-electron chi connectivity index (χ3n) is 3.21. The van der Waals surface area contributed by atoms with Crippen molar-refractivity contribution in [3.8, 4) is 0 Å². The number of carbonyl (C=O) groups is 1. The number of benzene rings is 2. The van der Waals surface area contributed by atoms with E-state index in [-0.39, 0.29) is 24.8 Å². The zero-order valence-corrected chi connectivity index (χ0v) is 12.0. The van der Waals surface area contributed by atoms with Gasteiger partial charge < -0.3 is 4.74 Å². The average molecular weight is 300 g/mol. The highest BCUT2D eigenvalue weighted by Crippen LogP contribution is 2.26. The first-order chi connectivity index (χ1) is 10.2. The third-order valence-corrected chi connectivity index (χ3v) is 4.22. The van der Waals surface area contributed by atoms with Crippen LogP contribution in [-0.4, -0.2) is 5.97 Å². The van der Waals surface area contributed by atoms with Gasteiger partial charge in [0.15, 0.2) is 0 Å². The van der Waals surface area contributed by atoms with Gasteiger partial charge in [-0.05, 0) is 34.5 Å². The van der Waals surface area contributed by atoms with E-state index in [4.69, 9.17) is 4.74 Å². The second-order valence-electron chi connectivity index (χ2n) is 4.72. The fourth-order valence-corrected chi connectivity index (χ4v) is 3.07. The number of fused-ring (bicyclic) bond motifs is 1. The Bertz CT molecular complexity index is 762. The Hall–Kier alpha value is -2.20. The molecule has 0 radical (unpaired) electrons. The fourth-order valence-electron chi connectivity index (χ4n) is 2.12. The van der Waals surface area contributed by atoms with Crippen LogP contribution in [0.1, 0.15) is 11.1 Å². The van der Waals surface area contributed by atoms with Crippen LogP contribution in [0.3, 0.4) is 0 Å². The molecule has 4 heteroatoms. The summed E-state index contributed by atoms with van der Waals surface area (Å²) < 4.78 is 19.3. The van der Waals surface area contributed by atoms with Gasteiger partial charge in [0.05, 0.1) is 6.42 Å². The lowest BCUT2D eigenvalue weighted by Gasteiger charge is -2.04. The predicted octanol–water partition coefficient (Wildman–Crippen LogP) is 4.33. The van der Waals surface area contributed by atoms with Gasteiger partial charge in [0.2, 0.25) is 0 Å². The van der Waals surface area contributed by atoms with Gasteiger partial charge in [0.25, 0.3) is 0 Å². The van der Waals surface area contributed by atoms with Crippen LogP contribution in [0.2, 0.25) is 0 Å². The number of esters is 1. The number of halogens is 1. The van der Waals surface area contributed by atoms with Gasteiger partial charge in [-0.15, -0.1) is 11.3 Å². The van der Waals surface area contributed by atoms with Crippen molar-refractivity contribution >= 4 is 27.4 Å². The zero-order chi connectivity index (χ0) is 14.7. The van der Waals surface area contributed by atoms with Crippen molar-refractivity contribution in [1.82, 2.24) is 0 Å². The summed E-state index contributed by atoms with van der Waals surface area (Å²) >= 11 is 1.64. The first kappa shape index (κ1) is 13.8. The van der Waals surface area contributed by atoms with Crippen molar-refractivity contribution in [3.05, 3.63) is 70.9 Å². The lowest BCUT2D eigenvalue weighted by molar-refractivity contribution is -0.144. The van der Waals surface area contributed by atoms with Gasteiger partial charge in [0, 0.05) is 10.3 Å². The third kappa shape index (κ3) is 3.28. The molecule has 106 valence electrons. The van der Waals surface area contributed by atoms with E-state index in [9.17, 15) is 9.18 Å². The lowest BCUT2D eigenvalue weighted by Crippen LogP contribution is -2.07. The zero-order valence-electron chi connectivity index (χ0n) is 11.2. The van der Waals surface area contributed by atoms with E-state index < -0.39 is 0 Å². The molecular formula is C17H13FO2S. The van der Waals surface area contributed by atoms with Gasteiger partial charge in [-0.3, -0.25) is 4.79 Å². The molecule has 3 aromatic rings. The Morgan fingerprint density at radius 3 is 2.67 bits per heavy atom. The van der Waals surface area contributed by atoms with Crippen LogP contribution in [0.15, 0.2) is 53.9 Å². The van der Waals surface area contributed by atoms with Crippen LogP contribution in [0, 0.1) is 5.82 Å². The fraction of sp³-hybridized carbons (Fsp3) is 0.118. The molecule has 1 heterocycles. The van der Waals surface area contributed by atoms with Crippen LogP contribution in [-0.2, 0) is 22.6 Å². The summed E-state index contributed by atoms with van der Waals surface area (Å²) in [5.74, 6) is -0.617. The molecule has 3 rings (SSSR count). The van der Waals surface area contributed by atoms with Crippen molar-refractivity contribution in [3.63, 3.8) is 0 Å². The summed E-state index contributed by atoms with van der Waals surface area (Å²) in [6, 6.07) is 13.9. The molecule has 0 fully saturated rings. The quantitative estimate of drug-likeness (QED) is 0.670. The molecule has 1 aromatic heterocycles. The van der Waals surface area contributed by atoms with Crippen LogP contribution in [0.25, 0.3) is 10.1 Å². The molecule has 0 amide bonds. The highest BCUT2D eigenvalue weighted by atomic mass is 32.1. The molecule has 0 N–H and O–H groups in total. The average Bonchev–Trinajstić information content (AvgIpc) is 2.91. The maximum absolute atomic E-state index is 12.8. The normalized spacial score (nSPS) is 10.7. The molecule has 0 aliphatic carbocycles. The van der Waals surface area contributed by atoms with E-state index >= 15 is 0 Å². The topological polar surface area (TPSA) is 26.3 Å². The minimum absolute atomic E-state index is 0.155. The number of rotatable bonds is 4. The summed E-state index contributed by atoms with van der Waals surface area (Å²) in [5.41, 5.74) is 1.76. The van der Waals surface area contributed by atoms with Crippen LogP contribution in [0.5, 0.6) is 0 Å². The van der Waals surface area contributed by atoms with Crippen LogP contribution in [0.4, 0.5) is 4.39 Å². The summed E-state index contributed by atoms with van der Waals surface area (Å²) in [5, 5.41) is 3.13. The molecule has 0 aliphatic heterocycles. The number of ether oxygens (including phenoxy) is 1. The molecule has 0 saturated carbocycles. The Labute approximate surface area is 125 Å². The first-order valence-corrected chi connectivity index (χ1v) is 7.45. The Morgan fingerprint density at radius 2 is 1.86 bits per heavy atom. The highest BCUT2D eigenvalue weighted by molar-refractivity contribution is 7.17. The second-order valence-corrected chi connectivity index (χ2v) is 5.63. The number of carbonyl (C=O) groups excluding carboxylic acids is 1. The largest absolute Gasteiger partial charge is 0.461 e. The summed E-state index contributed by atoms with van der Waals surface area (Å²) in [7, 11) is 0. The molecule has 0 atom stereocenters. The van der Waals surface area contributed by atoms with Crippen LogP contribution < -0.4 is 0 Å². The summed E-state index contributed by atoms with van der Waals surface area (Å²) in [4.78, 5) is 11.8. The van der Waals surface area contributed by atoms with E-state index in [0.29, 0.717) is 0 Å². The smallest absolute Gasteiger partial charge is 0.310 e. The van der Waals surface area contributed by atoms with E-state index in [2.05, 4.69) is 0 Å². The Balaban J connectivity index is 1.62. The maximum atomic E-state index is 12.8. The van der Waals surface area contributed by atoms with Crippen molar-refractivity contribution in [1.29, 1.82) is 0 Å². The predicted molar refractivity (Wildman–Crippen MR) is 81.7 cm³/mol. The van der Waals surface area contributed by atoms with Crippen molar-refractivity contribution < 1.29 is 13.9 Å². The summed E-state index contributed by atoms with van der Waals surface area (Å²) in [6.07, 6.45) is 0.155. The first-order valence-electron chi connectivity index (χ1n) is 6.57. The van der Waals surface area contributed by atoms with Gasteiger partial charge in [0.1, 0.15) is 12.4 Å². The Morgan fingerprint density at radius 1 is 1.10 bits per heavy atom. The SMILES string of the molecule is O=C(Cc1ccc(F)cc1)OCc1csc2ccccc12. The molecule has 0 spiro atoms. The van der Waals surface area contributed by atoms with Crippen LogP contribution >= 0.6 is 11.3 Å². The molecule has 21 heavy (non-hydrogen) atoms. The lowest BCUT2D eigenvalue weighted by atomic mass is 10.1. The minimum Gasteiger partial charge on any atom is -0.461 e.